The van der Waals surface area contributed by atoms with E-state index in [0.717, 1.165) is 29.4 Å². The van der Waals surface area contributed by atoms with Crippen molar-refractivity contribution < 1.29 is 4.79 Å². The number of nitrogens with one attached hydrogen (secondary N) is 2. The number of pyridine rings is 1. The van der Waals surface area contributed by atoms with Crippen molar-refractivity contribution in [3.05, 3.63) is 54.0 Å². The summed E-state index contributed by atoms with van der Waals surface area (Å²) >= 11 is 0. The van der Waals surface area contributed by atoms with E-state index < -0.39 is 0 Å². The number of aromatic nitrogens is 3. The number of hydrogen-bond acceptors (Lipinski definition) is 5. The van der Waals surface area contributed by atoms with Crippen LogP contribution >= 0.6 is 0 Å². The Morgan fingerprint density at radius 3 is 2.77 bits per heavy atom. The van der Waals surface area contributed by atoms with Crippen LogP contribution in [0.15, 0.2) is 42.6 Å². The minimum absolute atomic E-state index is 0.261. The number of benzene rings is 1. The SMILES string of the molecule is Cc1cc(C(=O)Nc2cccc3cccnc23)nc(NC2CCCC2)n1. The zero-order valence-electron chi connectivity index (χ0n) is 14.7. The van der Waals surface area contributed by atoms with Crippen LogP contribution in [0, 0.1) is 6.92 Å². The molecule has 132 valence electrons. The molecule has 2 aromatic heterocycles. The van der Waals surface area contributed by atoms with Crippen LogP contribution in [0.2, 0.25) is 0 Å². The highest BCUT2D eigenvalue weighted by atomic mass is 16.1. The topological polar surface area (TPSA) is 79.8 Å². The zero-order valence-corrected chi connectivity index (χ0v) is 14.7. The molecule has 0 atom stereocenters. The van der Waals surface area contributed by atoms with Gasteiger partial charge in [0.2, 0.25) is 5.95 Å². The Labute approximate surface area is 152 Å². The lowest BCUT2D eigenvalue weighted by Crippen LogP contribution is -2.20. The third-order valence-electron chi connectivity index (χ3n) is 4.66. The summed E-state index contributed by atoms with van der Waals surface area (Å²) < 4.78 is 0. The Balaban J connectivity index is 1.58. The molecule has 0 unspecified atom stereocenters. The Bertz CT molecular complexity index is 945. The van der Waals surface area contributed by atoms with Gasteiger partial charge in [0, 0.05) is 23.3 Å². The smallest absolute Gasteiger partial charge is 0.274 e. The first kappa shape index (κ1) is 16.4. The summed E-state index contributed by atoms with van der Waals surface area (Å²) in [5.74, 6) is 0.265. The van der Waals surface area contributed by atoms with Gasteiger partial charge in [0.05, 0.1) is 11.2 Å². The second-order valence-corrected chi connectivity index (χ2v) is 6.68. The molecule has 1 aliphatic rings. The first-order valence-electron chi connectivity index (χ1n) is 8.96. The van der Waals surface area contributed by atoms with Gasteiger partial charge in [-0.15, -0.1) is 0 Å². The van der Waals surface area contributed by atoms with Gasteiger partial charge in [0.1, 0.15) is 5.69 Å². The number of para-hydroxylation sites is 1. The van der Waals surface area contributed by atoms with Crippen LogP contribution in [0.25, 0.3) is 10.9 Å². The number of carbonyl (C=O) groups is 1. The molecule has 3 aromatic rings. The maximum Gasteiger partial charge on any atom is 0.274 e. The molecule has 0 aliphatic heterocycles. The van der Waals surface area contributed by atoms with E-state index in [9.17, 15) is 4.79 Å². The van der Waals surface area contributed by atoms with Crippen molar-refractivity contribution in [1.29, 1.82) is 0 Å². The van der Waals surface area contributed by atoms with E-state index in [0.29, 0.717) is 23.4 Å². The average molecular weight is 347 g/mol. The van der Waals surface area contributed by atoms with Crippen molar-refractivity contribution in [1.82, 2.24) is 15.0 Å². The quantitative estimate of drug-likeness (QED) is 0.747. The fraction of sp³-hybridized carbons (Fsp3) is 0.300. The van der Waals surface area contributed by atoms with Crippen molar-refractivity contribution >= 4 is 28.4 Å². The summed E-state index contributed by atoms with van der Waals surface area (Å²) in [5.41, 5.74) is 2.56. The first-order valence-corrected chi connectivity index (χ1v) is 8.96. The minimum atomic E-state index is -0.261. The van der Waals surface area contributed by atoms with E-state index in [4.69, 9.17) is 0 Å². The number of rotatable bonds is 4. The predicted molar refractivity (Wildman–Crippen MR) is 102 cm³/mol. The van der Waals surface area contributed by atoms with Gasteiger partial charge < -0.3 is 10.6 Å². The van der Waals surface area contributed by atoms with Crippen LogP contribution < -0.4 is 10.6 Å². The van der Waals surface area contributed by atoms with Gasteiger partial charge in [-0.2, -0.15) is 0 Å². The summed E-state index contributed by atoms with van der Waals surface area (Å²) in [7, 11) is 0. The number of amides is 1. The monoisotopic (exact) mass is 347 g/mol. The molecule has 1 amide bonds. The van der Waals surface area contributed by atoms with Gasteiger partial charge in [0.15, 0.2) is 0 Å². The number of aryl methyl sites for hydroxylation is 1. The van der Waals surface area contributed by atoms with Gasteiger partial charge in [0.25, 0.3) is 5.91 Å². The Kier molecular flexibility index (Phi) is 4.48. The minimum Gasteiger partial charge on any atom is -0.351 e. The zero-order chi connectivity index (χ0) is 17.9. The van der Waals surface area contributed by atoms with Gasteiger partial charge in [-0.1, -0.05) is 31.0 Å². The van der Waals surface area contributed by atoms with E-state index in [2.05, 4.69) is 25.6 Å². The summed E-state index contributed by atoms with van der Waals surface area (Å²) in [4.78, 5) is 26.0. The lowest BCUT2D eigenvalue weighted by molar-refractivity contribution is 0.102. The molecule has 0 bridgehead atoms. The van der Waals surface area contributed by atoms with Crippen LogP contribution in [-0.4, -0.2) is 26.9 Å². The summed E-state index contributed by atoms with van der Waals surface area (Å²) in [6.45, 7) is 1.87. The van der Waals surface area contributed by atoms with Crippen molar-refractivity contribution in [3.8, 4) is 0 Å². The van der Waals surface area contributed by atoms with Gasteiger partial charge >= 0.3 is 0 Å². The van der Waals surface area contributed by atoms with E-state index in [-0.39, 0.29) is 5.91 Å². The first-order chi connectivity index (χ1) is 12.7. The second kappa shape index (κ2) is 7.07. The number of carbonyl (C=O) groups excluding carboxylic acids is 1. The van der Waals surface area contributed by atoms with Crippen molar-refractivity contribution in [2.45, 2.75) is 38.6 Å². The maximum atomic E-state index is 12.7. The van der Waals surface area contributed by atoms with Crippen molar-refractivity contribution in [2.75, 3.05) is 10.6 Å². The van der Waals surface area contributed by atoms with Crippen molar-refractivity contribution in [2.24, 2.45) is 0 Å². The molecule has 1 saturated carbocycles. The average Bonchev–Trinajstić information content (AvgIpc) is 3.14. The molecule has 6 heteroatoms. The van der Waals surface area contributed by atoms with Crippen LogP contribution in [-0.2, 0) is 0 Å². The Hall–Kier alpha value is -3.02. The highest BCUT2D eigenvalue weighted by Gasteiger charge is 2.18. The number of anilines is 2. The standard InChI is InChI=1S/C20H21N5O/c1-13-12-17(25-20(22-13)23-15-8-2-3-9-15)19(26)24-16-10-4-6-14-7-5-11-21-18(14)16/h4-7,10-12,15H,2-3,8-9H2,1H3,(H,24,26)(H,22,23,25). The third kappa shape index (κ3) is 3.49. The molecule has 0 spiro atoms. The fourth-order valence-corrected chi connectivity index (χ4v) is 3.39. The highest BCUT2D eigenvalue weighted by molar-refractivity contribution is 6.07. The molecule has 2 heterocycles. The second-order valence-electron chi connectivity index (χ2n) is 6.68. The molecule has 26 heavy (non-hydrogen) atoms. The molecule has 0 radical (unpaired) electrons. The van der Waals surface area contributed by atoms with Crippen LogP contribution in [0.4, 0.5) is 11.6 Å². The molecule has 1 aliphatic carbocycles. The molecule has 4 rings (SSSR count). The normalized spacial score (nSPS) is 14.5. The molecule has 1 aromatic carbocycles. The lowest BCUT2D eigenvalue weighted by Gasteiger charge is -2.13. The third-order valence-corrected chi connectivity index (χ3v) is 4.66. The van der Waals surface area contributed by atoms with E-state index in [1.807, 2.05) is 37.3 Å². The Morgan fingerprint density at radius 2 is 1.92 bits per heavy atom. The van der Waals surface area contributed by atoms with E-state index in [1.165, 1.54) is 12.8 Å². The van der Waals surface area contributed by atoms with E-state index >= 15 is 0 Å². The van der Waals surface area contributed by atoms with Gasteiger partial charge in [-0.25, -0.2) is 9.97 Å². The molecule has 2 N–H and O–H groups in total. The number of nitrogens with zero attached hydrogens (tertiary/aromatic N) is 3. The van der Waals surface area contributed by atoms with Crippen LogP contribution in [0.3, 0.4) is 0 Å². The maximum absolute atomic E-state index is 12.7. The molecule has 0 saturated heterocycles. The molecule has 1 fully saturated rings. The summed E-state index contributed by atoms with van der Waals surface area (Å²) in [5, 5.41) is 7.27. The van der Waals surface area contributed by atoms with Gasteiger partial charge in [-0.3, -0.25) is 9.78 Å². The highest BCUT2D eigenvalue weighted by Crippen LogP contribution is 2.23. The molecule has 6 nitrogen and oxygen atoms in total. The largest absolute Gasteiger partial charge is 0.351 e. The van der Waals surface area contributed by atoms with Gasteiger partial charge in [-0.05, 0) is 38.0 Å². The molecular weight excluding hydrogens is 326 g/mol. The van der Waals surface area contributed by atoms with Crippen molar-refractivity contribution in [3.63, 3.8) is 0 Å². The summed E-state index contributed by atoms with van der Waals surface area (Å²) in [6.07, 6.45) is 6.42. The summed E-state index contributed by atoms with van der Waals surface area (Å²) in [6, 6.07) is 11.7. The lowest BCUT2D eigenvalue weighted by atomic mass is 10.2. The fourth-order valence-electron chi connectivity index (χ4n) is 3.39. The van der Waals surface area contributed by atoms with E-state index in [1.54, 1.807) is 12.3 Å². The predicted octanol–water partition coefficient (Wildman–Crippen LogP) is 3.94. The number of fused-ring (bicyclic) bond motifs is 1. The van der Waals surface area contributed by atoms with Crippen LogP contribution in [0.1, 0.15) is 41.9 Å². The number of hydrogen-bond donors (Lipinski definition) is 2. The Morgan fingerprint density at radius 1 is 1.12 bits per heavy atom. The molecular formula is C20H21N5O. The van der Waals surface area contributed by atoms with Crippen LogP contribution in [0.5, 0.6) is 0 Å².